The van der Waals surface area contributed by atoms with Crippen molar-refractivity contribution in [2.24, 2.45) is 17.6 Å². The van der Waals surface area contributed by atoms with E-state index in [0.717, 1.165) is 24.8 Å². The number of methoxy groups -OCH3 is 1. The molecule has 162 valence electrons. The zero-order valence-electron chi connectivity index (χ0n) is 18.7. The number of amides is 2. The van der Waals surface area contributed by atoms with Gasteiger partial charge in [0.15, 0.2) is 0 Å². The molecule has 3 unspecified atom stereocenters. The second-order valence-electron chi connectivity index (χ2n) is 8.99. The van der Waals surface area contributed by atoms with E-state index in [1.54, 1.807) is 18.1 Å². The van der Waals surface area contributed by atoms with Crippen molar-refractivity contribution >= 4 is 12.0 Å². The summed E-state index contributed by atoms with van der Waals surface area (Å²) >= 11 is 0. The largest absolute Gasteiger partial charge is 0.444 e. The molecule has 3 atom stereocenters. The monoisotopic (exact) mass is 404 g/mol. The van der Waals surface area contributed by atoms with Crippen LogP contribution < -0.4 is 5.73 Å². The Balaban J connectivity index is 2.41. The highest BCUT2D eigenvalue weighted by atomic mass is 16.6. The Hall–Kier alpha value is -2.08. The number of rotatable bonds is 6. The van der Waals surface area contributed by atoms with Crippen molar-refractivity contribution < 1.29 is 19.1 Å². The SMILES string of the molecule is CCN(CC1CCCC(C)C1(OC)c1cccc(C(N)=O)c1)C(=O)OC(C)(C)C. The highest BCUT2D eigenvalue weighted by molar-refractivity contribution is 5.92. The Morgan fingerprint density at radius 1 is 1.28 bits per heavy atom. The standard InChI is InChI=1S/C23H36N2O4/c1-7-25(21(27)29-22(3,4)5)15-19-13-8-10-16(2)23(19,28-6)18-12-9-11-17(14-18)20(24)26/h9,11-12,14,16,19H,7-8,10,13,15H2,1-6H3,(H2,24,26). The predicted octanol–water partition coefficient (Wildman–Crippen LogP) is 4.32. The Kier molecular flexibility index (Phi) is 7.33. The molecule has 1 aromatic carbocycles. The number of nitrogens with two attached hydrogens (primary N) is 1. The van der Waals surface area contributed by atoms with Gasteiger partial charge in [-0.3, -0.25) is 4.79 Å². The lowest BCUT2D eigenvalue weighted by atomic mass is 9.65. The third kappa shape index (κ3) is 5.10. The lowest BCUT2D eigenvalue weighted by Gasteiger charge is -2.49. The first-order chi connectivity index (χ1) is 13.5. The van der Waals surface area contributed by atoms with E-state index < -0.39 is 17.1 Å². The summed E-state index contributed by atoms with van der Waals surface area (Å²) < 4.78 is 11.8. The molecule has 1 saturated carbocycles. The fourth-order valence-corrected chi connectivity index (χ4v) is 4.58. The molecule has 0 heterocycles. The van der Waals surface area contributed by atoms with Crippen molar-refractivity contribution in [2.45, 2.75) is 65.1 Å². The number of ether oxygens (including phenoxy) is 2. The smallest absolute Gasteiger partial charge is 0.410 e. The van der Waals surface area contributed by atoms with E-state index in [9.17, 15) is 9.59 Å². The van der Waals surface area contributed by atoms with Gasteiger partial charge in [-0.2, -0.15) is 0 Å². The van der Waals surface area contributed by atoms with Crippen LogP contribution in [0.3, 0.4) is 0 Å². The van der Waals surface area contributed by atoms with Gasteiger partial charge in [0.1, 0.15) is 5.60 Å². The maximum Gasteiger partial charge on any atom is 0.410 e. The second-order valence-corrected chi connectivity index (χ2v) is 8.99. The van der Waals surface area contributed by atoms with Gasteiger partial charge in [0.2, 0.25) is 5.91 Å². The third-order valence-corrected chi connectivity index (χ3v) is 5.94. The summed E-state index contributed by atoms with van der Waals surface area (Å²) in [6.45, 7) is 10.8. The van der Waals surface area contributed by atoms with E-state index in [-0.39, 0.29) is 17.9 Å². The van der Waals surface area contributed by atoms with Gasteiger partial charge >= 0.3 is 6.09 Å². The molecule has 0 radical (unpaired) electrons. The minimum Gasteiger partial charge on any atom is -0.444 e. The summed E-state index contributed by atoms with van der Waals surface area (Å²) in [5.74, 6) is -0.152. The van der Waals surface area contributed by atoms with E-state index in [2.05, 4.69) is 6.92 Å². The van der Waals surface area contributed by atoms with Crippen molar-refractivity contribution in [2.75, 3.05) is 20.2 Å². The lowest BCUT2D eigenvalue weighted by molar-refractivity contribution is -0.132. The van der Waals surface area contributed by atoms with Crippen LogP contribution >= 0.6 is 0 Å². The van der Waals surface area contributed by atoms with Crippen LogP contribution in [0.2, 0.25) is 0 Å². The molecule has 2 rings (SSSR count). The van der Waals surface area contributed by atoms with Crippen molar-refractivity contribution in [1.82, 2.24) is 4.90 Å². The lowest BCUT2D eigenvalue weighted by Crippen LogP contribution is -2.51. The van der Waals surface area contributed by atoms with Crippen LogP contribution in [-0.2, 0) is 15.1 Å². The number of primary amides is 1. The first-order valence-electron chi connectivity index (χ1n) is 10.5. The average molecular weight is 405 g/mol. The highest BCUT2D eigenvalue weighted by Crippen LogP contribution is 2.48. The van der Waals surface area contributed by atoms with Crippen molar-refractivity contribution in [3.8, 4) is 0 Å². The molecule has 1 aliphatic rings. The first-order valence-corrected chi connectivity index (χ1v) is 10.5. The van der Waals surface area contributed by atoms with Crippen molar-refractivity contribution in [3.63, 3.8) is 0 Å². The number of carbonyl (C=O) groups is 2. The highest BCUT2D eigenvalue weighted by Gasteiger charge is 2.48. The molecule has 6 heteroatoms. The van der Waals surface area contributed by atoms with Gasteiger partial charge in [-0.05, 0) is 64.2 Å². The van der Waals surface area contributed by atoms with Gasteiger partial charge < -0.3 is 20.1 Å². The minimum absolute atomic E-state index is 0.0758. The number of nitrogens with zero attached hydrogens (tertiary/aromatic N) is 1. The van der Waals surface area contributed by atoms with E-state index in [1.165, 1.54) is 0 Å². The van der Waals surface area contributed by atoms with E-state index in [0.29, 0.717) is 18.7 Å². The van der Waals surface area contributed by atoms with Crippen LogP contribution in [0.15, 0.2) is 24.3 Å². The maximum atomic E-state index is 12.7. The van der Waals surface area contributed by atoms with Crippen molar-refractivity contribution in [3.05, 3.63) is 35.4 Å². The molecular weight excluding hydrogens is 368 g/mol. The number of benzene rings is 1. The quantitative estimate of drug-likeness (QED) is 0.765. The van der Waals surface area contributed by atoms with Gasteiger partial charge in [-0.25, -0.2) is 4.79 Å². The molecule has 0 saturated heterocycles. The molecule has 2 amide bonds. The predicted molar refractivity (Wildman–Crippen MR) is 114 cm³/mol. The van der Waals surface area contributed by atoms with Crippen LogP contribution in [0, 0.1) is 11.8 Å². The van der Waals surface area contributed by atoms with E-state index in [4.69, 9.17) is 15.2 Å². The summed E-state index contributed by atoms with van der Waals surface area (Å²) in [6, 6.07) is 7.40. The maximum absolute atomic E-state index is 12.7. The van der Waals surface area contributed by atoms with Gasteiger partial charge in [0, 0.05) is 31.7 Å². The zero-order chi connectivity index (χ0) is 21.8. The Morgan fingerprint density at radius 3 is 2.52 bits per heavy atom. The first kappa shape index (κ1) is 23.2. The fourth-order valence-electron chi connectivity index (χ4n) is 4.58. The minimum atomic E-state index is -0.598. The third-order valence-electron chi connectivity index (χ3n) is 5.94. The average Bonchev–Trinajstić information content (AvgIpc) is 2.65. The fraction of sp³-hybridized carbons (Fsp3) is 0.652. The summed E-state index contributed by atoms with van der Waals surface area (Å²) in [5.41, 5.74) is 5.78. The van der Waals surface area contributed by atoms with Crippen LogP contribution in [0.25, 0.3) is 0 Å². The normalized spacial score (nSPS) is 24.8. The van der Waals surface area contributed by atoms with E-state index >= 15 is 0 Å². The van der Waals surface area contributed by atoms with Gasteiger partial charge in [-0.1, -0.05) is 25.5 Å². The van der Waals surface area contributed by atoms with Crippen LogP contribution in [0.5, 0.6) is 0 Å². The molecule has 0 aromatic heterocycles. The zero-order valence-corrected chi connectivity index (χ0v) is 18.7. The summed E-state index contributed by atoms with van der Waals surface area (Å²) in [7, 11) is 1.72. The van der Waals surface area contributed by atoms with Gasteiger partial charge in [0.25, 0.3) is 0 Å². The molecule has 6 nitrogen and oxygen atoms in total. The Labute approximate surface area is 174 Å². The Morgan fingerprint density at radius 2 is 1.97 bits per heavy atom. The van der Waals surface area contributed by atoms with Crippen LogP contribution in [0.4, 0.5) is 4.79 Å². The molecule has 0 aliphatic heterocycles. The van der Waals surface area contributed by atoms with Crippen LogP contribution in [-0.4, -0.2) is 42.7 Å². The van der Waals surface area contributed by atoms with Gasteiger partial charge in [0.05, 0.1) is 5.60 Å². The molecule has 0 bridgehead atoms. The number of carbonyl (C=O) groups excluding carboxylic acids is 2. The number of hydrogen-bond donors (Lipinski definition) is 1. The topological polar surface area (TPSA) is 81.9 Å². The summed E-state index contributed by atoms with van der Waals surface area (Å²) in [5, 5.41) is 0. The Bertz CT molecular complexity index is 728. The molecule has 0 spiro atoms. The van der Waals surface area contributed by atoms with Crippen LogP contribution in [0.1, 0.15) is 69.8 Å². The van der Waals surface area contributed by atoms with Gasteiger partial charge in [-0.15, -0.1) is 0 Å². The number of hydrogen-bond acceptors (Lipinski definition) is 4. The molecule has 29 heavy (non-hydrogen) atoms. The summed E-state index contributed by atoms with van der Waals surface area (Å²) in [6.07, 6.45) is 2.70. The molecule has 2 N–H and O–H groups in total. The molecular formula is C23H36N2O4. The molecule has 1 fully saturated rings. The summed E-state index contributed by atoms with van der Waals surface area (Å²) in [4.78, 5) is 26.2. The van der Waals surface area contributed by atoms with Crippen molar-refractivity contribution in [1.29, 1.82) is 0 Å². The second kappa shape index (κ2) is 9.16. The molecule has 1 aromatic rings. The van der Waals surface area contributed by atoms with E-state index in [1.807, 2.05) is 45.9 Å². The molecule has 1 aliphatic carbocycles.